The van der Waals surface area contributed by atoms with Crippen molar-refractivity contribution in [3.05, 3.63) is 51.3 Å². The number of furan rings is 1. The lowest BCUT2D eigenvalue weighted by Gasteiger charge is -2.13. The summed E-state index contributed by atoms with van der Waals surface area (Å²) in [6.07, 6.45) is 0.577. The number of halogens is 2. The van der Waals surface area contributed by atoms with Gasteiger partial charge in [-0.2, -0.15) is 0 Å². The fourth-order valence-electron chi connectivity index (χ4n) is 1.56. The van der Waals surface area contributed by atoms with Crippen molar-refractivity contribution in [2.75, 3.05) is 7.11 Å². The molecule has 0 saturated heterocycles. The van der Waals surface area contributed by atoms with Crippen LogP contribution in [0, 0.1) is 0 Å². The van der Waals surface area contributed by atoms with Gasteiger partial charge in [0.1, 0.15) is 11.9 Å². The maximum Gasteiger partial charge on any atom is 0.151 e. The Bertz CT molecular complexity index is 524. The van der Waals surface area contributed by atoms with Crippen molar-refractivity contribution in [1.29, 1.82) is 0 Å². The van der Waals surface area contributed by atoms with Crippen LogP contribution in [0.3, 0.4) is 0 Å². The van der Waals surface area contributed by atoms with Crippen molar-refractivity contribution in [2.24, 2.45) is 0 Å². The van der Waals surface area contributed by atoms with Crippen LogP contribution in [-0.2, 0) is 0 Å². The van der Waals surface area contributed by atoms with E-state index >= 15 is 0 Å². The number of aliphatic hydroxyl groups excluding tert-OH is 1. The molecule has 1 N–H and O–H groups in total. The number of benzene rings is 1. The van der Waals surface area contributed by atoms with Gasteiger partial charge in [-0.05, 0) is 40.2 Å². The van der Waals surface area contributed by atoms with Crippen LogP contribution in [0.5, 0.6) is 5.75 Å². The summed E-state index contributed by atoms with van der Waals surface area (Å²) in [4.78, 5) is 0. The fourth-order valence-corrected chi connectivity index (χ4v) is 2.16. The van der Waals surface area contributed by atoms with Gasteiger partial charge in [0, 0.05) is 10.6 Å². The molecule has 1 aromatic heterocycles. The minimum atomic E-state index is -0.923. The molecule has 0 fully saturated rings. The summed E-state index contributed by atoms with van der Waals surface area (Å²) in [5, 5.41) is 10.8. The van der Waals surface area contributed by atoms with Gasteiger partial charge in [0.25, 0.3) is 0 Å². The molecule has 0 aliphatic rings. The first kappa shape index (κ1) is 12.5. The molecule has 0 aliphatic heterocycles. The number of hydrogen-bond donors (Lipinski definition) is 1. The van der Waals surface area contributed by atoms with E-state index in [-0.39, 0.29) is 0 Å². The van der Waals surface area contributed by atoms with E-state index in [4.69, 9.17) is 20.8 Å². The van der Waals surface area contributed by atoms with Crippen LogP contribution >= 0.6 is 27.5 Å². The molecule has 1 atom stereocenters. The van der Waals surface area contributed by atoms with Crippen LogP contribution in [0.25, 0.3) is 0 Å². The van der Waals surface area contributed by atoms with Gasteiger partial charge in [0.05, 0.1) is 17.8 Å². The Kier molecular flexibility index (Phi) is 3.76. The Morgan fingerprint density at radius 1 is 1.41 bits per heavy atom. The minimum absolute atomic E-state index is 0.422. The molecule has 1 unspecified atom stereocenters. The Labute approximate surface area is 112 Å². The van der Waals surface area contributed by atoms with E-state index in [1.54, 1.807) is 24.3 Å². The van der Waals surface area contributed by atoms with E-state index in [0.717, 1.165) is 0 Å². The third kappa shape index (κ3) is 2.49. The van der Waals surface area contributed by atoms with Crippen molar-refractivity contribution in [3.63, 3.8) is 0 Å². The highest BCUT2D eigenvalue weighted by Gasteiger charge is 2.21. The Morgan fingerprint density at radius 2 is 2.18 bits per heavy atom. The van der Waals surface area contributed by atoms with Crippen molar-refractivity contribution in [1.82, 2.24) is 0 Å². The van der Waals surface area contributed by atoms with Crippen LogP contribution in [0.4, 0.5) is 0 Å². The molecule has 17 heavy (non-hydrogen) atoms. The standard InChI is InChI=1S/C12H10BrClO3/c1-16-10-3-2-7(14)6-8(10)11(15)12-9(13)4-5-17-12/h2-6,11,15H,1H3. The maximum atomic E-state index is 10.2. The van der Waals surface area contributed by atoms with Gasteiger partial charge in [-0.25, -0.2) is 0 Å². The number of rotatable bonds is 3. The lowest BCUT2D eigenvalue weighted by molar-refractivity contribution is 0.184. The molecule has 3 nitrogen and oxygen atoms in total. The number of aliphatic hydroxyl groups is 1. The summed E-state index contributed by atoms with van der Waals surface area (Å²) in [6, 6.07) is 6.78. The molecule has 0 amide bonds. The minimum Gasteiger partial charge on any atom is -0.496 e. The van der Waals surface area contributed by atoms with Crippen LogP contribution in [0.15, 0.2) is 39.4 Å². The molecule has 2 aromatic rings. The Morgan fingerprint density at radius 3 is 2.76 bits per heavy atom. The van der Waals surface area contributed by atoms with Gasteiger partial charge in [-0.1, -0.05) is 11.6 Å². The highest BCUT2D eigenvalue weighted by Crippen LogP contribution is 2.35. The second-order valence-electron chi connectivity index (χ2n) is 3.42. The molecular formula is C12H10BrClO3. The first-order valence-electron chi connectivity index (χ1n) is 4.88. The molecule has 0 aliphatic carbocycles. The predicted octanol–water partition coefficient (Wildman–Crippen LogP) is 3.79. The molecule has 5 heteroatoms. The molecule has 0 saturated carbocycles. The molecule has 0 spiro atoms. The van der Waals surface area contributed by atoms with Crippen LogP contribution in [0.2, 0.25) is 5.02 Å². The SMILES string of the molecule is COc1ccc(Cl)cc1C(O)c1occc1Br. The summed E-state index contributed by atoms with van der Waals surface area (Å²) in [7, 11) is 1.54. The maximum absolute atomic E-state index is 10.2. The zero-order valence-electron chi connectivity index (χ0n) is 8.98. The summed E-state index contributed by atoms with van der Waals surface area (Å²) < 4.78 is 11.1. The van der Waals surface area contributed by atoms with Crippen LogP contribution < -0.4 is 4.74 Å². The van der Waals surface area contributed by atoms with Crippen molar-refractivity contribution >= 4 is 27.5 Å². The summed E-state index contributed by atoms with van der Waals surface area (Å²) in [5.74, 6) is 0.982. The second-order valence-corrected chi connectivity index (χ2v) is 4.71. The van der Waals surface area contributed by atoms with Gasteiger partial charge in [-0.3, -0.25) is 0 Å². The highest BCUT2D eigenvalue weighted by atomic mass is 79.9. The first-order chi connectivity index (χ1) is 8.13. The average molecular weight is 318 g/mol. The topological polar surface area (TPSA) is 42.6 Å². The first-order valence-corrected chi connectivity index (χ1v) is 6.05. The normalized spacial score (nSPS) is 12.5. The summed E-state index contributed by atoms with van der Waals surface area (Å²) >= 11 is 9.21. The van der Waals surface area contributed by atoms with Crippen molar-refractivity contribution in [2.45, 2.75) is 6.10 Å². The lowest BCUT2D eigenvalue weighted by Crippen LogP contribution is -2.02. The van der Waals surface area contributed by atoms with Gasteiger partial charge in [-0.15, -0.1) is 0 Å². The number of methoxy groups -OCH3 is 1. The predicted molar refractivity (Wildman–Crippen MR) is 68.5 cm³/mol. The average Bonchev–Trinajstić information content (AvgIpc) is 2.74. The smallest absolute Gasteiger partial charge is 0.151 e. The van der Waals surface area contributed by atoms with Crippen molar-refractivity contribution in [3.8, 4) is 5.75 Å². The quantitative estimate of drug-likeness (QED) is 0.936. The largest absolute Gasteiger partial charge is 0.496 e. The zero-order chi connectivity index (χ0) is 12.4. The Balaban J connectivity index is 2.46. The number of ether oxygens (including phenoxy) is 1. The zero-order valence-corrected chi connectivity index (χ0v) is 11.3. The van der Waals surface area contributed by atoms with Gasteiger partial charge < -0.3 is 14.3 Å². The third-order valence-electron chi connectivity index (χ3n) is 2.38. The second kappa shape index (κ2) is 5.12. The van der Waals surface area contributed by atoms with E-state index in [1.165, 1.54) is 13.4 Å². The Hall–Kier alpha value is -0.970. The number of hydrogen-bond acceptors (Lipinski definition) is 3. The molecule has 0 radical (unpaired) electrons. The van der Waals surface area contributed by atoms with Gasteiger partial charge in [0.15, 0.2) is 5.76 Å². The van der Waals surface area contributed by atoms with Crippen LogP contribution in [-0.4, -0.2) is 12.2 Å². The van der Waals surface area contributed by atoms with E-state index in [9.17, 15) is 5.11 Å². The highest BCUT2D eigenvalue weighted by molar-refractivity contribution is 9.10. The summed E-state index contributed by atoms with van der Waals surface area (Å²) in [5.41, 5.74) is 0.565. The van der Waals surface area contributed by atoms with E-state index in [2.05, 4.69) is 15.9 Å². The molecular weight excluding hydrogens is 307 g/mol. The molecule has 1 heterocycles. The third-order valence-corrected chi connectivity index (χ3v) is 3.27. The summed E-state index contributed by atoms with van der Waals surface area (Å²) in [6.45, 7) is 0. The van der Waals surface area contributed by atoms with Gasteiger partial charge >= 0.3 is 0 Å². The monoisotopic (exact) mass is 316 g/mol. The van der Waals surface area contributed by atoms with Gasteiger partial charge in [0.2, 0.25) is 0 Å². The molecule has 0 bridgehead atoms. The van der Waals surface area contributed by atoms with E-state index in [1.807, 2.05) is 0 Å². The lowest BCUT2D eigenvalue weighted by atomic mass is 10.1. The molecule has 1 aromatic carbocycles. The fraction of sp³-hybridized carbons (Fsp3) is 0.167. The van der Waals surface area contributed by atoms with E-state index < -0.39 is 6.10 Å². The molecule has 90 valence electrons. The van der Waals surface area contributed by atoms with Crippen LogP contribution in [0.1, 0.15) is 17.4 Å². The molecule has 2 rings (SSSR count). The van der Waals surface area contributed by atoms with E-state index in [0.29, 0.717) is 26.6 Å². The van der Waals surface area contributed by atoms with Crippen molar-refractivity contribution < 1.29 is 14.3 Å².